The summed E-state index contributed by atoms with van der Waals surface area (Å²) in [6.45, 7) is 0. The quantitative estimate of drug-likeness (QED) is 0.793. The Balaban J connectivity index is 2.08. The van der Waals surface area contributed by atoms with E-state index in [1.54, 1.807) is 18.2 Å². The molecule has 3 rings (SSSR count). The first-order chi connectivity index (χ1) is 11.1. The van der Waals surface area contributed by atoms with Gasteiger partial charge in [0.2, 0.25) is 0 Å². The minimum Gasteiger partial charge on any atom is -0.496 e. The molecule has 0 bridgehead atoms. The van der Waals surface area contributed by atoms with Crippen molar-refractivity contribution in [3.05, 3.63) is 40.5 Å². The van der Waals surface area contributed by atoms with E-state index in [0.29, 0.717) is 53.7 Å². The summed E-state index contributed by atoms with van der Waals surface area (Å²) < 4.78 is 5.27. The summed E-state index contributed by atoms with van der Waals surface area (Å²) in [7, 11) is 1.49. The summed E-state index contributed by atoms with van der Waals surface area (Å²) in [4.78, 5) is 37.7. The number of hydrogen-bond acceptors (Lipinski definition) is 4. The van der Waals surface area contributed by atoms with E-state index in [1.807, 2.05) is 0 Å². The number of carbonyl (C=O) groups excluding carboxylic acids is 3. The van der Waals surface area contributed by atoms with Crippen LogP contribution < -0.4 is 4.74 Å². The van der Waals surface area contributed by atoms with Gasteiger partial charge in [-0.25, -0.2) is 0 Å². The number of hydrogen-bond donors (Lipinski definition) is 0. The Bertz CT molecular complexity index is 712. The third-order valence-corrected chi connectivity index (χ3v) is 4.67. The van der Waals surface area contributed by atoms with Gasteiger partial charge in [-0.1, -0.05) is 18.6 Å². The number of rotatable bonds is 1. The van der Waals surface area contributed by atoms with Crippen molar-refractivity contribution in [3.8, 4) is 5.75 Å². The van der Waals surface area contributed by atoms with Crippen molar-refractivity contribution in [2.45, 2.75) is 44.9 Å². The molecule has 0 unspecified atom stereocenters. The van der Waals surface area contributed by atoms with Gasteiger partial charge in [-0.2, -0.15) is 0 Å². The molecule has 120 valence electrons. The van der Waals surface area contributed by atoms with Crippen LogP contribution in [0.2, 0.25) is 0 Å². The van der Waals surface area contributed by atoms with Crippen LogP contribution in [0.5, 0.6) is 5.75 Å². The molecule has 2 aliphatic rings. The molecule has 0 amide bonds. The highest BCUT2D eigenvalue weighted by atomic mass is 16.5. The van der Waals surface area contributed by atoms with Crippen LogP contribution in [-0.2, 0) is 4.79 Å². The molecule has 1 aromatic carbocycles. The average Bonchev–Trinajstić information content (AvgIpc) is 2.57. The summed E-state index contributed by atoms with van der Waals surface area (Å²) in [5, 5.41) is 0. The summed E-state index contributed by atoms with van der Waals surface area (Å²) in [6.07, 6.45) is 4.50. The van der Waals surface area contributed by atoms with Gasteiger partial charge >= 0.3 is 0 Å². The van der Waals surface area contributed by atoms with Crippen molar-refractivity contribution in [1.29, 1.82) is 0 Å². The van der Waals surface area contributed by atoms with Crippen molar-refractivity contribution < 1.29 is 19.1 Å². The van der Waals surface area contributed by atoms with Crippen molar-refractivity contribution in [1.82, 2.24) is 0 Å². The number of benzene rings is 1. The van der Waals surface area contributed by atoms with E-state index in [9.17, 15) is 14.4 Å². The van der Waals surface area contributed by atoms with Crippen LogP contribution in [0, 0.1) is 0 Å². The number of Topliss-reactive ketones (excluding diaryl/α,β-unsaturated/α-hetero) is 3. The number of carbonyl (C=O) groups is 3. The molecule has 0 spiro atoms. The van der Waals surface area contributed by atoms with Crippen molar-refractivity contribution in [2.24, 2.45) is 0 Å². The molecule has 4 nitrogen and oxygen atoms in total. The first-order valence-electron chi connectivity index (χ1n) is 8.13. The Labute approximate surface area is 135 Å². The Morgan fingerprint density at radius 1 is 0.826 bits per heavy atom. The monoisotopic (exact) mass is 312 g/mol. The number of ether oxygens (including phenoxy) is 1. The van der Waals surface area contributed by atoms with Gasteiger partial charge in [0, 0.05) is 29.6 Å². The standard InChI is InChI=1S/C19H20O4/c1-23-16-9-5-8-15-17(16)19(22)14-11-10-12(20)6-3-2-4-7-13(14)18(15)21/h5,8-9H,2-4,6-7,10-11H2,1H3. The first kappa shape index (κ1) is 15.7. The molecule has 0 aliphatic heterocycles. The maximum atomic E-state index is 12.9. The number of allylic oxidation sites excluding steroid dienone is 2. The topological polar surface area (TPSA) is 60.4 Å². The summed E-state index contributed by atoms with van der Waals surface area (Å²) in [5.41, 5.74) is 1.90. The highest BCUT2D eigenvalue weighted by Gasteiger charge is 2.34. The van der Waals surface area contributed by atoms with E-state index in [1.165, 1.54) is 7.11 Å². The second-order valence-corrected chi connectivity index (χ2v) is 6.10. The molecule has 1 aromatic rings. The van der Waals surface area contributed by atoms with Gasteiger partial charge in [0.05, 0.1) is 12.7 Å². The van der Waals surface area contributed by atoms with E-state index in [-0.39, 0.29) is 17.3 Å². The zero-order valence-electron chi connectivity index (χ0n) is 13.3. The normalized spacial score (nSPS) is 19.3. The highest BCUT2D eigenvalue weighted by molar-refractivity contribution is 6.28. The van der Waals surface area contributed by atoms with Gasteiger partial charge in [-0.15, -0.1) is 0 Å². The molecule has 23 heavy (non-hydrogen) atoms. The molecule has 0 radical (unpaired) electrons. The van der Waals surface area contributed by atoms with Crippen molar-refractivity contribution in [2.75, 3.05) is 7.11 Å². The van der Waals surface area contributed by atoms with Crippen LogP contribution in [0.3, 0.4) is 0 Å². The molecular formula is C19H20O4. The summed E-state index contributed by atoms with van der Waals surface area (Å²) in [6, 6.07) is 5.12. The molecule has 0 saturated carbocycles. The predicted octanol–water partition coefficient (Wildman–Crippen LogP) is 3.68. The van der Waals surface area contributed by atoms with Crippen molar-refractivity contribution in [3.63, 3.8) is 0 Å². The van der Waals surface area contributed by atoms with E-state index in [2.05, 4.69) is 0 Å². The zero-order chi connectivity index (χ0) is 16.4. The second kappa shape index (κ2) is 6.49. The second-order valence-electron chi connectivity index (χ2n) is 6.10. The van der Waals surface area contributed by atoms with Crippen LogP contribution in [0.4, 0.5) is 0 Å². The lowest BCUT2D eigenvalue weighted by Crippen LogP contribution is -2.24. The van der Waals surface area contributed by atoms with Gasteiger partial charge in [0.1, 0.15) is 11.5 Å². The molecule has 4 heteroatoms. The van der Waals surface area contributed by atoms with Gasteiger partial charge < -0.3 is 4.74 Å². The Kier molecular flexibility index (Phi) is 4.42. The summed E-state index contributed by atoms with van der Waals surface area (Å²) in [5.74, 6) is 0.364. The lowest BCUT2D eigenvalue weighted by atomic mass is 9.79. The van der Waals surface area contributed by atoms with Crippen molar-refractivity contribution >= 4 is 17.3 Å². The van der Waals surface area contributed by atoms with Crippen LogP contribution >= 0.6 is 0 Å². The number of ketones is 3. The van der Waals surface area contributed by atoms with Crippen LogP contribution in [0.15, 0.2) is 29.3 Å². The largest absolute Gasteiger partial charge is 0.496 e. The Morgan fingerprint density at radius 2 is 1.57 bits per heavy atom. The maximum absolute atomic E-state index is 12.9. The van der Waals surface area contributed by atoms with E-state index in [0.717, 1.165) is 19.3 Å². The van der Waals surface area contributed by atoms with Crippen LogP contribution in [0.1, 0.15) is 65.7 Å². The molecule has 0 atom stereocenters. The van der Waals surface area contributed by atoms with Crippen LogP contribution in [-0.4, -0.2) is 24.5 Å². The van der Waals surface area contributed by atoms with Crippen LogP contribution in [0.25, 0.3) is 0 Å². The van der Waals surface area contributed by atoms with E-state index >= 15 is 0 Å². The molecule has 0 saturated heterocycles. The SMILES string of the molecule is COc1cccc2c1C(=O)C1=C(CCCCCC(=O)CC1)C2=O. The van der Waals surface area contributed by atoms with E-state index in [4.69, 9.17) is 4.74 Å². The number of fused-ring (bicyclic) bond motifs is 1. The molecule has 0 aromatic heterocycles. The maximum Gasteiger partial charge on any atom is 0.193 e. The third-order valence-electron chi connectivity index (χ3n) is 4.67. The number of methoxy groups -OCH3 is 1. The predicted molar refractivity (Wildman–Crippen MR) is 86.0 cm³/mol. The first-order valence-corrected chi connectivity index (χ1v) is 8.13. The van der Waals surface area contributed by atoms with Gasteiger partial charge in [0.15, 0.2) is 11.6 Å². The molecule has 0 fully saturated rings. The zero-order valence-corrected chi connectivity index (χ0v) is 13.3. The van der Waals surface area contributed by atoms with Gasteiger partial charge in [-0.3, -0.25) is 14.4 Å². The average molecular weight is 312 g/mol. The fourth-order valence-corrected chi connectivity index (χ4v) is 3.43. The minimum absolute atomic E-state index is 0.0819. The lowest BCUT2D eigenvalue weighted by molar-refractivity contribution is -0.119. The molecule has 0 heterocycles. The third kappa shape index (κ3) is 2.85. The Morgan fingerprint density at radius 3 is 2.35 bits per heavy atom. The van der Waals surface area contributed by atoms with Gasteiger partial charge in [0.25, 0.3) is 0 Å². The molecular weight excluding hydrogens is 292 g/mol. The van der Waals surface area contributed by atoms with E-state index < -0.39 is 0 Å². The Hall–Kier alpha value is -2.23. The summed E-state index contributed by atoms with van der Waals surface area (Å²) >= 11 is 0. The minimum atomic E-state index is -0.152. The fraction of sp³-hybridized carbons (Fsp3) is 0.421. The van der Waals surface area contributed by atoms with Gasteiger partial charge in [-0.05, 0) is 31.7 Å². The fourth-order valence-electron chi connectivity index (χ4n) is 3.43. The lowest BCUT2D eigenvalue weighted by Gasteiger charge is -2.23. The molecule has 0 N–H and O–H groups in total. The smallest absolute Gasteiger partial charge is 0.193 e. The molecule has 2 aliphatic carbocycles. The highest BCUT2D eigenvalue weighted by Crippen LogP contribution is 2.36.